The second kappa shape index (κ2) is 8.12. The molecule has 1 fully saturated rings. The first-order valence-electron chi connectivity index (χ1n) is 11.4. The maximum Gasteiger partial charge on any atom is 0.329 e. The summed E-state index contributed by atoms with van der Waals surface area (Å²) in [6, 6.07) is 14.0. The van der Waals surface area contributed by atoms with Crippen LogP contribution in [0.15, 0.2) is 48.2 Å². The molecule has 5 nitrogen and oxygen atoms in total. The van der Waals surface area contributed by atoms with E-state index in [9.17, 15) is 9.59 Å². The second-order valence-corrected chi connectivity index (χ2v) is 10.0. The van der Waals surface area contributed by atoms with Gasteiger partial charge in [0, 0.05) is 17.3 Å². The van der Waals surface area contributed by atoms with E-state index in [4.69, 9.17) is 0 Å². The normalized spacial score (nSPS) is 21.3. The fourth-order valence-electron chi connectivity index (χ4n) is 5.38. The predicted octanol–water partition coefficient (Wildman–Crippen LogP) is 5.59. The van der Waals surface area contributed by atoms with Crippen molar-refractivity contribution in [2.45, 2.75) is 72.0 Å². The lowest BCUT2D eigenvalue weighted by molar-refractivity contribution is -0.123. The van der Waals surface area contributed by atoms with Crippen LogP contribution in [0.2, 0.25) is 0 Å². The van der Waals surface area contributed by atoms with Crippen molar-refractivity contribution >= 4 is 23.7 Å². The topological polar surface area (TPSA) is 52.7 Å². The molecule has 2 heterocycles. The van der Waals surface area contributed by atoms with E-state index in [1.54, 1.807) is 0 Å². The van der Waals surface area contributed by atoms with Crippen LogP contribution in [0.4, 0.5) is 10.5 Å². The molecule has 2 aliphatic rings. The van der Waals surface area contributed by atoms with Crippen LogP contribution < -0.4 is 10.2 Å². The smallest absolute Gasteiger partial charge is 0.329 e. The lowest BCUT2D eigenvalue weighted by Crippen LogP contribution is -2.51. The maximum atomic E-state index is 13.0. The summed E-state index contributed by atoms with van der Waals surface area (Å²) in [4.78, 5) is 29.3. The minimum Gasteiger partial charge on any atom is -0.364 e. The summed E-state index contributed by atoms with van der Waals surface area (Å²) in [5.74, 6) is 0.130. The van der Waals surface area contributed by atoms with Crippen molar-refractivity contribution in [2.75, 3.05) is 4.90 Å². The van der Waals surface area contributed by atoms with E-state index in [1.807, 2.05) is 36.4 Å². The van der Waals surface area contributed by atoms with Gasteiger partial charge in [0.05, 0.1) is 6.54 Å². The van der Waals surface area contributed by atoms with Gasteiger partial charge >= 0.3 is 6.03 Å². The fraction of sp³-hybridized carbons (Fsp3) is 0.407. The van der Waals surface area contributed by atoms with Gasteiger partial charge in [-0.2, -0.15) is 0 Å². The SMILES string of the molecule is Cc1cc2c(cc1/C=C1\NC(=O)N(Cc3ccccc3)C1=O)[C@@H](C)CC(C)(C)N2C(C)C. The van der Waals surface area contributed by atoms with Crippen LogP contribution in [-0.4, -0.2) is 28.4 Å². The van der Waals surface area contributed by atoms with Crippen LogP contribution in [0, 0.1) is 6.92 Å². The summed E-state index contributed by atoms with van der Waals surface area (Å²) in [5.41, 5.74) is 5.98. The van der Waals surface area contributed by atoms with E-state index in [-0.39, 0.29) is 24.0 Å². The van der Waals surface area contributed by atoms with Crippen molar-refractivity contribution in [3.8, 4) is 0 Å². The summed E-state index contributed by atoms with van der Waals surface area (Å²) in [6.45, 7) is 13.7. The number of carbonyl (C=O) groups is 2. The van der Waals surface area contributed by atoms with Crippen LogP contribution in [-0.2, 0) is 11.3 Å². The highest BCUT2D eigenvalue weighted by Gasteiger charge is 2.38. The molecular weight excluding hydrogens is 398 g/mol. The molecule has 2 aromatic carbocycles. The third-order valence-corrected chi connectivity index (χ3v) is 6.63. The second-order valence-electron chi connectivity index (χ2n) is 10.0. The number of nitrogens with one attached hydrogen (secondary N) is 1. The van der Waals surface area contributed by atoms with Gasteiger partial charge in [0.25, 0.3) is 5.91 Å². The van der Waals surface area contributed by atoms with Gasteiger partial charge in [-0.05, 0) is 87.4 Å². The highest BCUT2D eigenvalue weighted by molar-refractivity contribution is 6.14. The Bertz CT molecular complexity index is 1090. The number of hydrogen-bond donors (Lipinski definition) is 1. The Morgan fingerprint density at radius 2 is 1.84 bits per heavy atom. The zero-order chi connectivity index (χ0) is 23.2. The quantitative estimate of drug-likeness (QED) is 0.507. The van der Waals surface area contributed by atoms with Gasteiger partial charge in [0.15, 0.2) is 0 Å². The average molecular weight is 432 g/mol. The molecule has 0 aromatic heterocycles. The van der Waals surface area contributed by atoms with Crippen molar-refractivity contribution in [3.05, 3.63) is 70.4 Å². The molecule has 2 aromatic rings. The van der Waals surface area contributed by atoms with Crippen LogP contribution >= 0.6 is 0 Å². The first kappa shape index (κ1) is 22.1. The van der Waals surface area contributed by atoms with Crippen LogP contribution in [0.5, 0.6) is 0 Å². The van der Waals surface area contributed by atoms with Crippen LogP contribution in [0.3, 0.4) is 0 Å². The molecule has 0 unspecified atom stereocenters. The summed E-state index contributed by atoms with van der Waals surface area (Å²) in [5, 5.41) is 2.77. The first-order valence-corrected chi connectivity index (χ1v) is 11.4. The highest BCUT2D eigenvalue weighted by Crippen LogP contribution is 2.45. The Hall–Kier alpha value is -3.08. The van der Waals surface area contributed by atoms with E-state index in [1.165, 1.54) is 16.2 Å². The van der Waals surface area contributed by atoms with Crippen molar-refractivity contribution < 1.29 is 9.59 Å². The van der Waals surface area contributed by atoms with Crippen molar-refractivity contribution in [1.82, 2.24) is 10.2 Å². The number of rotatable bonds is 4. The number of carbonyl (C=O) groups excluding carboxylic acids is 2. The number of anilines is 1. The molecule has 1 N–H and O–H groups in total. The van der Waals surface area contributed by atoms with Crippen LogP contribution in [0.25, 0.3) is 6.08 Å². The van der Waals surface area contributed by atoms with Crippen molar-refractivity contribution in [3.63, 3.8) is 0 Å². The molecule has 4 rings (SSSR count). The Morgan fingerprint density at radius 3 is 2.50 bits per heavy atom. The number of imide groups is 1. The van der Waals surface area contributed by atoms with E-state index in [2.05, 4.69) is 63.9 Å². The lowest BCUT2D eigenvalue weighted by atomic mass is 9.78. The molecule has 5 heteroatoms. The standard InChI is InChI=1S/C27H33N3O2/c1-17(2)30-24-12-18(3)21(13-22(24)19(4)15-27(30,5)6)14-23-25(31)29(26(32)28-23)16-20-10-8-7-9-11-20/h7-14,17,19H,15-16H2,1-6H3,(H,28,32)/b23-14-/t19-/m0/s1. The van der Waals surface area contributed by atoms with E-state index < -0.39 is 0 Å². The lowest BCUT2D eigenvalue weighted by Gasteiger charge is -2.50. The van der Waals surface area contributed by atoms with Gasteiger partial charge in [-0.3, -0.25) is 9.69 Å². The summed E-state index contributed by atoms with van der Waals surface area (Å²) < 4.78 is 0. The zero-order valence-corrected chi connectivity index (χ0v) is 19.9. The number of urea groups is 1. The monoisotopic (exact) mass is 431 g/mol. The Morgan fingerprint density at radius 1 is 1.16 bits per heavy atom. The van der Waals surface area contributed by atoms with Gasteiger partial charge in [0.2, 0.25) is 0 Å². The van der Waals surface area contributed by atoms with Crippen LogP contribution in [0.1, 0.15) is 69.2 Å². The molecule has 0 bridgehead atoms. The van der Waals surface area contributed by atoms with Gasteiger partial charge in [-0.1, -0.05) is 37.3 Å². The maximum absolute atomic E-state index is 13.0. The summed E-state index contributed by atoms with van der Waals surface area (Å²) in [6.07, 6.45) is 2.89. The van der Waals surface area contributed by atoms with Gasteiger partial charge in [-0.25, -0.2) is 4.79 Å². The van der Waals surface area contributed by atoms with E-state index >= 15 is 0 Å². The molecule has 0 aliphatic carbocycles. The molecular formula is C27H33N3O2. The number of benzene rings is 2. The first-order chi connectivity index (χ1) is 15.1. The summed E-state index contributed by atoms with van der Waals surface area (Å²) in [7, 11) is 0. The van der Waals surface area contributed by atoms with Gasteiger partial charge in [-0.15, -0.1) is 0 Å². The molecule has 2 aliphatic heterocycles. The predicted molar refractivity (Wildman–Crippen MR) is 129 cm³/mol. The molecule has 168 valence electrons. The third-order valence-electron chi connectivity index (χ3n) is 6.63. The average Bonchev–Trinajstić information content (AvgIpc) is 2.96. The summed E-state index contributed by atoms with van der Waals surface area (Å²) >= 11 is 0. The van der Waals surface area contributed by atoms with Gasteiger partial charge in [0.1, 0.15) is 5.70 Å². The Kier molecular flexibility index (Phi) is 5.61. The zero-order valence-electron chi connectivity index (χ0n) is 19.9. The van der Waals surface area contributed by atoms with E-state index in [0.29, 0.717) is 17.7 Å². The number of fused-ring (bicyclic) bond motifs is 1. The molecule has 0 radical (unpaired) electrons. The third kappa shape index (κ3) is 3.92. The minimum atomic E-state index is -0.373. The fourth-order valence-corrected chi connectivity index (χ4v) is 5.38. The Labute approximate surface area is 191 Å². The minimum absolute atomic E-state index is 0.0837. The number of hydrogen-bond acceptors (Lipinski definition) is 3. The van der Waals surface area contributed by atoms with Crippen molar-refractivity contribution in [2.24, 2.45) is 0 Å². The Balaban J connectivity index is 1.67. The molecule has 3 amide bonds. The highest BCUT2D eigenvalue weighted by atomic mass is 16.2. The molecule has 32 heavy (non-hydrogen) atoms. The number of aryl methyl sites for hydroxylation is 1. The largest absolute Gasteiger partial charge is 0.364 e. The van der Waals surface area contributed by atoms with Crippen molar-refractivity contribution in [1.29, 1.82) is 0 Å². The molecule has 0 saturated carbocycles. The molecule has 0 spiro atoms. The number of nitrogens with zero attached hydrogens (tertiary/aromatic N) is 2. The number of amides is 3. The van der Waals surface area contributed by atoms with E-state index in [0.717, 1.165) is 23.1 Å². The van der Waals surface area contributed by atoms with Gasteiger partial charge < -0.3 is 10.2 Å². The molecule has 1 saturated heterocycles. The molecule has 1 atom stereocenters.